The zero-order valence-electron chi connectivity index (χ0n) is 10.5. The van der Waals surface area contributed by atoms with E-state index in [-0.39, 0.29) is 11.6 Å². The van der Waals surface area contributed by atoms with Crippen LogP contribution in [-0.2, 0) is 4.74 Å². The molecule has 0 radical (unpaired) electrons. The first-order chi connectivity index (χ1) is 7.03. The molecule has 15 heavy (non-hydrogen) atoms. The Morgan fingerprint density at radius 1 is 1.40 bits per heavy atom. The summed E-state index contributed by atoms with van der Waals surface area (Å²) in [6.07, 6.45) is 4.19. The summed E-state index contributed by atoms with van der Waals surface area (Å²) in [4.78, 5) is 2.18. The molecule has 3 nitrogen and oxygen atoms in total. The van der Waals surface area contributed by atoms with E-state index >= 15 is 0 Å². The summed E-state index contributed by atoms with van der Waals surface area (Å²) in [5.74, 6) is 0.799. The van der Waals surface area contributed by atoms with Gasteiger partial charge in [-0.15, -0.1) is 0 Å². The summed E-state index contributed by atoms with van der Waals surface area (Å²) in [6, 6.07) is 0. The molecule has 1 rings (SSSR count). The molecule has 90 valence electrons. The zero-order valence-corrected chi connectivity index (χ0v) is 10.5. The van der Waals surface area contributed by atoms with Crippen LogP contribution in [0.3, 0.4) is 0 Å². The van der Waals surface area contributed by atoms with Crippen molar-refractivity contribution in [1.29, 1.82) is 0 Å². The Bertz CT molecular complexity index is 186. The summed E-state index contributed by atoms with van der Waals surface area (Å²) in [5, 5.41) is 10.2. The minimum atomic E-state index is -0.370. The lowest BCUT2D eigenvalue weighted by Gasteiger charge is -2.47. The van der Waals surface area contributed by atoms with Crippen molar-refractivity contribution in [2.75, 3.05) is 27.8 Å². The van der Waals surface area contributed by atoms with Gasteiger partial charge in [-0.3, -0.25) is 0 Å². The Morgan fingerprint density at radius 2 is 1.93 bits per heavy atom. The molecular formula is C12H25NO2. The van der Waals surface area contributed by atoms with Gasteiger partial charge < -0.3 is 14.7 Å². The van der Waals surface area contributed by atoms with E-state index in [0.717, 1.165) is 18.8 Å². The van der Waals surface area contributed by atoms with Crippen LogP contribution in [0.1, 0.15) is 32.6 Å². The van der Waals surface area contributed by atoms with E-state index in [9.17, 15) is 5.11 Å². The topological polar surface area (TPSA) is 32.7 Å². The second kappa shape index (κ2) is 5.28. The minimum Gasteiger partial charge on any atom is -0.389 e. The number of aliphatic hydroxyl groups excluding tert-OH is 1. The monoisotopic (exact) mass is 215 g/mol. The molecular weight excluding hydrogens is 190 g/mol. The predicted octanol–water partition coefficient (Wildman–Crippen LogP) is 1.50. The van der Waals surface area contributed by atoms with Gasteiger partial charge in [-0.1, -0.05) is 6.92 Å². The Kier molecular flexibility index (Phi) is 4.56. The van der Waals surface area contributed by atoms with Crippen molar-refractivity contribution in [2.45, 2.75) is 44.2 Å². The molecule has 1 aliphatic carbocycles. The number of hydrogen-bond acceptors (Lipinski definition) is 3. The fourth-order valence-corrected chi connectivity index (χ4v) is 2.65. The van der Waals surface area contributed by atoms with Crippen LogP contribution in [0.2, 0.25) is 0 Å². The van der Waals surface area contributed by atoms with Crippen molar-refractivity contribution >= 4 is 0 Å². The minimum absolute atomic E-state index is 0.0669. The first-order valence-corrected chi connectivity index (χ1v) is 5.87. The SMILES string of the molecule is COCC(O)C1(N(C)C)CCC(C)CC1. The second-order valence-electron chi connectivity index (χ2n) is 5.15. The van der Waals surface area contributed by atoms with Crippen LogP contribution in [0.4, 0.5) is 0 Å². The van der Waals surface area contributed by atoms with E-state index in [0.29, 0.717) is 6.61 Å². The Morgan fingerprint density at radius 3 is 2.33 bits per heavy atom. The number of nitrogens with zero attached hydrogens (tertiary/aromatic N) is 1. The normalized spacial score (nSPS) is 34.4. The molecule has 0 aromatic carbocycles. The van der Waals surface area contributed by atoms with Crippen LogP contribution in [0.5, 0.6) is 0 Å². The highest BCUT2D eigenvalue weighted by molar-refractivity contribution is 4.97. The van der Waals surface area contributed by atoms with Crippen molar-refractivity contribution in [3.05, 3.63) is 0 Å². The van der Waals surface area contributed by atoms with Gasteiger partial charge in [0.2, 0.25) is 0 Å². The summed E-state index contributed by atoms with van der Waals surface area (Å²) in [7, 11) is 5.78. The predicted molar refractivity (Wildman–Crippen MR) is 61.9 cm³/mol. The van der Waals surface area contributed by atoms with E-state index in [2.05, 4.69) is 25.9 Å². The van der Waals surface area contributed by atoms with E-state index < -0.39 is 0 Å². The number of aliphatic hydroxyl groups is 1. The quantitative estimate of drug-likeness (QED) is 0.771. The van der Waals surface area contributed by atoms with Crippen LogP contribution in [0.15, 0.2) is 0 Å². The highest BCUT2D eigenvalue weighted by atomic mass is 16.5. The molecule has 0 heterocycles. The van der Waals surface area contributed by atoms with Gasteiger partial charge in [-0.05, 0) is 45.7 Å². The highest BCUT2D eigenvalue weighted by Crippen LogP contribution is 2.37. The van der Waals surface area contributed by atoms with Crippen molar-refractivity contribution in [1.82, 2.24) is 4.90 Å². The van der Waals surface area contributed by atoms with E-state index in [4.69, 9.17) is 4.74 Å². The first kappa shape index (κ1) is 12.9. The fraction of sp³-hybridized carbons (Fsp3) is 1.00. The molecule has 1 N–H and O–H groups in total. The van der Waals surface area contributed by atoms with Crippen LogP contribution in [0, 0.1) is 5.92 Å². The van der Waals surface area contributed by atoms with E-state index in [1.807, 2.05) is 0 Å². The fourth-order valence-electron chi connectivity index (χ4n) is 2.65. The molecule has 0 aliphatic heterocycles. The molecule has 1 atom stereocenters. The molecule has 3 heteroatoms. The molecule has 1 saturated carbocycles. The van der Waals surface area contributed by atoms with Gasteiger partial charge >= 0.3 is 0 Å². The number of hydrogen-bond donors (Lipinski definition) is 1. The van der Waals surface area contributed by atoms with Crippen molar-refractivity contribution in [3.63, 3.8) is 0 Å². The van der Waals surface area contributed by atoms with Gasteiger partial charge in [0.15, 0.2) is 0 Å². The van der Waals surface area contributed by atoms with Crippen molar-refractivity contribution in [3.8, 4) is 0 Å². The maximum atomic E-state index is 10.2. The third-order valence-corrected chi connectivity index (χ3v) is 3.98. The Balaban J connectivity index is 2.70. The number of rotatable bonds is 4. The standard InChI is InChI=1S/C12H25NO2/c1-10-5-7-12(8-6-10,13(2)3)11(14)9-15-4/h10-11,14H,5-9H2,1-4H3. The molecule has 1 fully saturated rings. The van der Waals surface area contributed by atoms with Gasteiger partial charge in [-0.25, -0.2) is 0 Å². The zero-order chi connectivity index (χ0) is 11.5. The van der Waals surface area contributed by atoms with Gasteiger partial charge in [0.05, 0.1) is 12.7 Å². The van der Waals surface area contributed by atoms with Gasteiger partial charge in [0.1, 0.15) is 0 Å². The summed E-state index contributed by atoms with van der Waals surface area (Å²) in [5.41, 5.74) is -0.0669. The van der Waals surface area contributed by atoms with Crippen LogP contribution >= 0.6 is 0 Å². The maximum absolute atomic E-state index is 10.2. The lowest BCUT2D eigenvalue weighted by molar-refractivity contribution is -0.0703. The van der Waals surface area contributed by atoms with Crippen LogP contribution < -0.4 is 0 Å². The molecule has 0 aromatic rings. The number of likely N-dealkylation sites (N-methyl/N-ethyl adjacent to an activating group) is 1. The average Bonchev–Trinajstić information content (AvgIpc) is 2.19. The number of ether oxygens (including phenoxy) is 1. The smallest absolute Gasteiger partial charge is 0.0956 e. The third kappa shape index (κ3) is 2.71. The lowest BCUT2D eigenvalue weighted by Crippen LogP contribution is -2.56. The van der Waals surface area contributed by atoms with Crippen LogP contribution in [0.25, 0.3) is 0 Å². The van der Waals surface area contributed by atoms with Crippen LogP contribution in [-0.4, -0.2) is 49.5 Å². The first-order valence-electron chi connectivity index (χ1n) is 5.87. The van der Waals surface area contributed by atoms with Gasteiger partial charge in [0, 0.05) is 12.6 Å². The molecule has 0 saturated heterocycles. The highest BCUT2D eigenvalue weighted by Gasteiger charge is 2.42. The summed E-state index contributed by atoms with van der Waals surface area (Å²) in [6.45, 7) is 2.73. The maximum Gasteiger partial charge on any atom is 0.0956 e. The Hall–Kier alpha value is -0.120. The molecule has 0 bridgehead atoms. The van der Waals surface area contributed by atoms with Gasteiger partial charge in [0.25, 0.3) is 0 Å². The average molecular weight is 215 g/mol. The summed E-state index contributed by atoms with van der Waals surface area (Å²) < 4.78 is 5.08. The summed E-state index contributed by atoms with van der Waals surface area (Å²) >= 11 is 0. The van der Waals surface area contributed by atoms with E-state index in [1.54, 1.807) is 7.11 Å². The lowest BCUT2D eigenvalue weighted by atomic mass is 9.73. The largest absolute Gasteiger partial charge is 0.389 e. The van der Waals surface area contributed by atoms with E-state index in [1.165, 1.54) is 12.8 Å². The van der Waals surface area contributed by atoms with Crippen molar-refractivity contribution < 1.29 is 9.84 Å². The van der Waals surface area contributed by atoms with Gasteiger partial charge in [-0.2, -0.15) is 0 Å². The molecule has 0 aromatic heterocycles. The molecule has 1 unspecified atom stereocenters. The third-order valence-electron chi connectivity index (χ3n) is 3.98. The van der Waals surface area contributed by atoms with Crippen molar-refractivity contribution in [2.24, 2.45) is 5.92 Å². The molecule has 1 aliphatic rings. The molecule has 0 amide bonds. The Labute approximate surface area is 93.4 Å². The second-order valence-corrected chi connectivity index (χ2v) is 5.15. The number of methoxy groups -OCH3 is 1. The molecule has 0 spiro atoms.